The lowest BCUT2D eigenvalue weighted by atomic mass is 10.2. The van der Waals surface area contributed by atoms with Crippen LogP contribution in [0.2, 0.25) is 0 Å². The average Bonchev–Trinajstić information content (AvgIpc) is 2.50. The Bertz CT molecular complexity index is 554. The molecule has 0 atom stereocenters. The minimum Gasteiger partial charge on any atom is -0.389 e. The molecular formula is C8H5FN4S. The average molecular weight is 208 g/mol. The van der Waals surface area contributed by atoms with Crippen LogP contribution in [0, 0.1) is 17.1 Å². The van der Waals surface area contributed by atoms with Crippen molar-refractivity contribution in [2.75, 3.05) is 11.5 Å². The molecule has 2 heterocycles. The summed E-state index contributed by atoms with van der Waals surface area (Å²) in [4.78, 5) is 3.63. The summed E-state index contributed by atoms with van der Waals surface area (Å²) in [5, 5.41) is 9.37. The monoisotopic (exact) mass is 208 g/mol. The second-order valence-corrected chi connectivity index (χ2v) is 3.70. The third kappa shape index (κ3) is 0.995. The highest BCUT2D eigenvalue weighted by Gasteiger charge is 2.15. The van der Waals surface area contributed by atoms with E-state index >= 15 is 0 Å². The smallest absolute Gasteiger partial charge is 0.159 e. The molecule has 0 unspecified atom stereocenters. The molecule has 0 aliphatic carbocycles. The zero-order chi connectivity index (χ0) is 10.3. The highest BCUT2D eigenvalue weighted by molar-refractivity contribution is 7.23. The molecule has 0 saturated carbocycles. The van der Waals surface area contributed by atoms with Gasteiger partial charge in [0, 0.05) is 0 Å². The van der Waals surface area contributed by atoms with Gasteiger partial charge in [-0.05, 0) is 0 Å². The van der Waals surface area contributed by atoms with Crippen molar-refractivity contribution in [2.45, 2.75) is 0 Å². The van der Waals surface area contributed by atoms with Gasteiger partial charge in [0.25, 0.3) is 0 Å². The van der Waals surface area contributed by atoms with E-state index in [1.807, 2.05) is 6.07 Å². The zero-order valence-corrected chi connectivity index (χ0v) is 7.73. The van der Waals surface area contributed by atoms with E-state index in [0.29, 0.717) is 5.39 Å². The summed E-state index contributed by atoms with van der Waals surface area (Å²) in [7, 11) is 0. The summed E-state index contributed by atoms with van der Waals surface area (Å²) in [5.74, 6) is -0.377. The van der Waals surface area contributed by atoms with Gasteiger partial charge in [-0.3, -0.25) is 0 Å². The Morgan fingerprint density at radius 1 is 1.50 bits per heavy atom. The molecule has 0 amide bonds. The summed E-state index contributed by atoms with van der Waals surface area (Å²) in [6.07, 6.45) is 1.02. The fourth-order valence-electron chi connectivity index (χ4n) is 1.22. The van der Waals surface area contributed by atoms with E-state index in [2.05, 4.69) is 4.98 Å². The second kappa shape index (κ2) is 2.82. The summed E-state index contributed by atoms with van der Waals surface area (Å²) in [6.45, 7) is 0. The first-order valence-electron chi connectivity index (χ1n) is 3.67. The van der Waals surface area contributed by atoms with Gasteiger partial charge in [0.05, 0.1) is 21.8 Å². The summed E-state index contributed by atoms with van der Waals surface area (Å²) >= 11 is 1.00. The number of thiophene rings is 1. The maximum Gasteiger partial charge on any atom is 0.159 e. The Morgan fingerprint density at radius 2 is 2.21 bits per heavy atom. The SMILES string of the molecule is N#Cc1c(N)sc2c(F)cnc(N)c12. The molecule has 6 heteroatoms. The Kier molecular flexibility index (Phi) is 1.75. The number of rotatable bonds is 0. The van der Waals surface area contributed by atoms with Crippen molar-refractivity contribution in [3.05, 3.63) is 17.6 Å². The molecule has 2 aromatic heterocycles. The van der Waals surface area contributed by atoms with Gasteiger partial charge < -0.3 is 11.5 Å². The number of aromatic nitrogens is 1. The van der Waals surface area contributed by atoms with Crippen LogP contribution in [0.1, 0.15) is 5.56 Å². The van der Waals surface area contributed by atoms with Crippen molar-refractivity contribution < 1.29 is 4.39 Å². The van der Waals surface area contributed by atoms with Crippen LogP contribution < -0.4 is 11.5 Å². The summed E-state index contributed by atoms with van der Waals surface area (Å²) < 4.78 is 13.5. The molecule has 0 bridgehead atoms. The van der Waals surface area contributed by atoms with E-state index < -0.39 is 5.82 Å². The molecule has 14 heavy (non-hydrogen) atoms. The van der Waals surface area contributed by atoms with E-state index in [9.17, 15) is 4.39 Å². The molecule has 2 aromatic rings. The van der Waals surface area contributed by atoms with Gasteiger partial charge in [-0.1, -0.05) is 0 Å². The molecule has 0 aliphatic heterocycles. The number of nitrogens with zero attached hydrogens (tertiary/aromatic N) is 2. The molecule has 4 N–H and O–H groups in total. The lowest BCUT2D eigenvalue weighted by Crippen LogP contribution is -1.93. The van der Waals surface area contributed by atoms with E-state index in [4.69, 9.17) is 16.7 Å². The van der Waals surface area contributed by atoms with Crippen LogP contribution >= 0.6 is 11.3 Å². The van der Waals surface area contributed by atoms with E-state index in [0.717, 1.165) is 17.5 Å². The summed E-state index contributed by atoms with van der Waals surface area (Å²) in [6, 6.07) is 1.89. The number of nitrogen functional groups attached to an aromatic ring is 2. The van der Waals surface area contributed by atoms with Crippen molar-refractivity contribution in [3.63, 3.8) is 0 Å². The topological polar surface area (TPSA) is 88.7 Å². The van der Waals surface area contributed by atoms with Crippen molar-refractivity contribution >= 4 is 32.2 Å². The predicted molar refractivity (Wildman–Crippen MR) is 53.1 cm³/mol. The molecule has 4 nitrogen and oxygen atoms in total. The van der Waals surface area contributed by atoms with Crippen LogP contribution in [0.15, 0.2) is 6.20 Å². The van der Waals surface area contributed by atoms with Crippen molar-refractivity contribution in [3.8, 4) is 6.07 Å². The molecule has 0 fully saturated rings. The van der Waals surface area contributed by atoms with Crippen LogP contribution in [0.3, 0.4) is 0 Å². The molecule has 0 spiro atoms. The fraction of sp³-hybridized carbons (Fsp3) is 0. The minimum atomic E-state index is -0.507. The molecule has 70 valence electrons. The number of nitrogens with two attached hydrogens (primary N) is 2. The number of pyridine rings is 1. The predicted octanol–water partition coefficient (Wildman–Crippen LogP) is 1.47. The standard InChI is InChI=1S/C8H5FN4S/c9-4-2-13-7(11)5-3(1-10)8(12)14-6(4)5/h2H,12H2,(H2,11,13). The van der Waals surface area contributed by atoms with Gasteiger partial charge in [-0.2, -0.15) is 5.26 Å². The van der Waals surface area contributed by atoms with Gasteiger partial charge in [0.2, 0.25) is 0 Å². The van der Waals surface area contributed by atoms with Crippen LogP contribution in [0.5, 0.6) is 0 Å². The largest absolute Gasteiger partial charge is 0.389 e. The minimum absolute atomic E-state index is 0.130. The van der Waals surface area contributed by atoms with Gasteiger partial charge in [0.15, 0.2) is 5.82 Å². The molecular weight excluding hydrogens is 203 g/mol. The first kappa shape index (κ1) is 8.72. The zero-order valence-electron chi connectivity index (χ0n) is 6.91. The Balaban J connectivity index is 3.03. The molecule has 0 aromatic carbocycles. The first-order valence-corrected chi connectivity index (χ1v) is 4.49. The van der Waals surface area contributed by atoms with E-state index in [1.165, 1.54) is 0 Å². The van der Waals surface area contributed by atoms with E-state index in [1.54, 1.807) is 0 Å². The maximum absolute atomic E-state index is 13.2. The number of fused-ring (bicyclic) bond motifs is 1. The lowest BCUT2D eigenvalue weighted by molar-refractivity contribution is 0.636. The normalized spacial score (nSPS) is 10.3. The van der Waals surface area contributed by atoms with Crippen LogP contribution in [0.4, 0.5) is 15.2 Å². The molecule has 2 rings (SSSR count). The quantitative estimate of drug-likeness (QED) is 0.686. The molecule has 0 aliphatic rings. The van der Waals surface area contributed by atoms with Crippen LogP contribution in [0.25, 0.3) is 10.1 Å². The van der Waals surface area contributed by atoms with Crippen molar-refractivity contribution in [2.24, 2.45) is 0 Å². The number of anilines is 2. The molecule has 0 saturated heterocycles. The van der Waals surface area contributed by atoms with Gasteiger partial charge in [0.1, 0.15) is 16.9 Å². The molecule has 0 radical (unpaired) electrons. The van der Waals surface area contributed by atoms with Crippen LogP contribution in [-0.4, -0.2) is 4.98 Å². The third-order valence-electron chi connectivity index (χ3n) is 1.84. The number of halogens is 1. The summed E-state index contributed by atoms with van der Waals surface area (Å²) in [5.41, 5.74) is 11.3. The maximum atomic E-state index is 13.2. The van der Waals surface area contributed by atoms with Gasteiger partial charge in [-0.25, -0.2) is 9.37 Å². The lowest BCUT2D eigenvalue weighted by Gasteiger charge is -1.95. The van der Waals surface area contributed by atoms with Crippen molar-refractivity contribution in [1.82, 2.24) is 4.98 Å². The van der Waals surface area contributed by atoms with Crippen LogP contribution in [-0.2, 0) is 0 Å². The Hall–Kier alpha value is -1.87. The highest BCUT2D eigenvalue weighted by Crippen LogP contribution is 2.36. The fourth-order valence-corrected chi connectivity index (χ4v) is 2.15. The Labute approximate surface area is 82.6 Å². The third-order valence-corrected chi connectivity index (χ3v) is 2.86. The second-order valence-electron chi connectivity index (χ2n) is 2.65. The van der Waals surface area contributed by atoms with Gasteiger partial charge in [-0.15, -0.1) is 11.3 Å². The number of nitriles is 1. The number of hydrogen-bond donors (Lipinski definition) is 2. The highest BCUT2D eigenvalue weighted by atomic mass is 32.1. The van der Waals surface area contributed by atoms with Crippen molar-refractivity contribution in [1.29, 1.82) is 5.26 Å². The van der Waals surface area contributed by atoms with E-state index in [-0.39, 0.29) is 21.1 Å². The Morgan fingerprint density at radius 3 is 2.86 bits per heavy atom. The first-order chi connectivity index (χ1) is 6.65. The van der Waals surface area contributed by atoms with Gasteiger partial charge >= 0.3 is 0 Å². The number of hydrogen-bond acceptors (Lipinski definition) is 5.